The second kappa shape index (κ2) is 9.45. The molecule has 4 rings (SSSR count). The molecule has 1 aliphatic heterocycles. The maximum absolute atomic E-state index is 10.6. The minimum absolute atomic E-state index is 0.223. The third kappa shape index (κ3) is 4.70. The highest BCUT2D eigenvalue weighted by Crippen LogP contribution is 2.37. The number of phenols is 1. The summed E-state index contributed by atoms with van der Waals surface area (Å²) >= 11 is 3.52. The molecule has 0 spiro atoms. The second-order valence-corrected chi connectivity index (χ2v) is 8.12. The topological polar surface area (TPSA) is 62.8 Å². The molecule has 0 aliphatic carbocycles. The highest BCUT2D eigenvalue weighted by atomic mass is 79.9. The monoisotopic (exact) mass is 480 g/mol. The first-order valence-electron chi connectivity index (χ1n) is 10.2. The van der Waals surface area contributed by atoms with Crippen LogP contribution in [0, 0.1) is 0 Å². The zero-order valence-electron chi connectivity index (χ0n) is 17.4. The molecular formula is C25H25BrN2O3. The third-order valence-corrected chi connectivity index (χ3v) is 5.71. The van der Waals surface area contributed by atoms with Crippen LogP contribution >= 0.6 is 15.9 Å². The van der Waals surface area contributed by atoms with Crippen molar-refractivity contribution in [3.8, 4) is 17.2 Å². The molecule has 6 heteroatoms. The van der Waals surface area contributed by atoms with Gasteiger partial charge < -0.3 is 19.9 Å². The van der Waals surface area contributed by atoms with E-state index in [2.05, 4.69) is 32.6 Å². The molecule has 3 aromatic rings. The van der Waals surface area contributed by atoms with Gasteiger partial charge >= 0.3 is 0 Å². The molecule has 5 nitrogen and oxygen atoms in total. The fourth-order valence-electron chi connectivity index (χ4n) is 3.74. The summed E-state index contributed by atoms with van der Waals surface area (Å²) in [5, 5.41) is 17.8. The van der Waals surface area contributed by atoms with Crippen LogP contribution in [-0.4, -0.2) is 18.8 Å². The zero-order valence-corrected chi connectivity index (χ0v) is 19.0. The van der Waals surface area contributed by atoms with Crippen LogP contribution in [0.4, 0.5) is 0 Å². The van der Waals surface area contributed by atoms with Crippen LogP contribution in [-0.2, 0) is 0 Å². The SMILES string of the molecule is CCOc1ccccc1C1NC(c2cccc(OC)c2)=CC(c2cc(Br)ccc2O)N1. The lowest BCUT2D eigenvalue weighted by Gasteiger charge is -2.34. The lowest BCUT2D eigenvalue weighted by molar-refractivity contribution is 0.325. The van der Waals surface area contributed by atoms with Crippen molar-refractivity contribution < 1.29 is 14.6 Å². The Balaban J connectivity index is 1.80. The van der Waals surface area contributed by atoms with Gasteiger partial charge in [0.1, 0.15) is 23.4 Å². The van der Waals surface area contributed by atoms with E-state index in [0.29, 0.717) is 6.61 Å². The molecular weight excluding hydrogens is 456 g/mol. The first kappa shape index (κ1) is 21.3. The number of rotatable bonds is 6. The molecule has 3 aromatic carbocycles. The van der Waals surface area contributed by atoms with E-state index in [0.717, 1.165) is 38.4 Å². The number of hydrogen-bond acceptors (Lipinski definition) is 5. The molecule has 2 unspecified atom stereocenters. The average Bonchev–Trinajstić information content (AvgIpc) is 2.81. The summed E-state index contributed by atoms with van der Waals surface area (Å²) < 4.78 is 12.2. The smallest absolute Gasteiger partial charge is 0.125 e. The quantitative estimate of drug-likeness (QED) is 0.432. The van der Waals surface area contributed by atoms with Gasteiger partial charge in [0.15, 0.2) is 0 Å². The number of hydrogen-bond donors (Lipinski definition) is 3. The zero-order chi connectivity index (χ0) is 21.8. The van der Waals surface area contributed by atoms with Gasteiger partial charge in [-0.1, -0.05) is 46.3 Å². The van der Waals surface area contributed by atoms with Gasteiger partial charge in [0, 0.05) is 26.9 Å². The Labute approximate surface area is 190 Å². The largest absolute Gasteiger partial charge is 0.508 e. The Hall–Kier alpha value is -2.96. The van der Waals surface area contributed by atoms with Gasteiger partial charge in [-0.05, 0) is 49.4 Å². The van der Waals surface area contributed by atoms with E-state index in [1.165, 1.54) is 0 Å². The van der Waals surface area contributed by atoms with E-state index in [4.69, 9.17) is 9.47 Å². The van der Waals surface area contributed by atoms with Crippen molar-refractivity contribution in [2.75, 3.05) is 13.7 Å². The first-order chi connectivity index (χ1) is 15.1. The molecule has 31 heavy (non-hydrogen) atoms. The normalized spacial score (nSPS) is 18.1. The molecule has 3 N–H and O–H groups in total. The number of phenolic OH excluding ortho intramolecular Hbond substituents is 1. The minimum atomic E-state index is -0.225. The summed E-state index contributed by atoms with van der Waals surface area (Å²) in [6, 6.07) is 21.1. The van der Waals surface area contributed by atoms with Crippen molar-refractivity contribution in [1.82, 2.24) is 10.6 Å². The number of aromatic hydroxyl groups is 1. The van der Waals surface area contributed by atoms with E-state index in [1.54, 1.807) is 13.2 Å². The molecule has 0 saturated heterocycles. The van der Waals surface area contributed by atoms with Gasteiger partial charge in [-0.25, -0.2) is 0 Å². The number of halogens is 1. The van der Waals surface area contributed by atoms with E-state index < -0.39 is 0 Å². The van der Waals surface area contributed by atoms with Crippen molar-refractivity contribution >= 4 is 21.6 Å². The summed E-state index contributed by atoms with van der Waals surface area (Å²) in [5.41, 5.74) is 3.73. The Morgan fingerprint density at radius 1 is 1.00 bits per heavy atom. The van der Waals surface area contributed by atoms with Crippen LogP contribution in [0.25, 0.3) is 5.70 Å². The number of methoxy groups -OCH3 is 1. The number of nitrogens with one attached hydrogen (secondary N) is 2. The Kier molecular flexibility index (Phi) is 6.49. The van der Waals surface area contributed by atoms with Crippen LogP contribution < -0.4 is 20.1 Å². The summed E-state index contributed by atoms with van der Waals surface area (Å²) in [4.78, 5) is 0. The Morgan fingerprint density at radius 3 is 2.65 bits per heavy atom. The summed E-state index contributed by atoms with van der Waals surface area (Å²) in [6.45, 7) is 2.56. The minimum Gasteiger partial charge on any atom is -0.508 e. The number of para-hydroxylation sites is 1. The number of benzene rings is 3. The molecule has 0 bridgehead atoms. The van der Waals surface area contributed by atoms with Crippen LogP contribution in [0.15, 0.2) is 77.3 Å². The van der Waals surface area contributed by atoms with Crippen LogP contribution in [0.2, 0.25) is 0 Å². The third-order valence-electron chi connectivity index (χ3n) is 5.21. The summed E-state index contributed by atoms with van der Waals surface area (Å²) in [5.74, 6) is 1.84. The van der Waals surface area contributed by atoms with E-state index in [1.807, 2.05) is 67.6 Å². The summed E-state index contributed by atoms with van der Waals surface area (Å²) in [7, 11) is 1.66. The highest BCUT2D eigenvalue weighted by Gasteiger charge is 2.27. The number of ether oxygens (including phenoxy) is 2. The predicted molar refractivity (Wildman–Crippen MR) is 126 cm³/mol. The van der Waals surface area contributed by atoms with Gasteiger partial charge in [0.2, 0.25) is 0 Å². The molecule has 0 aromatic heterocycles. The van der Waals surface area contributed by atoms with Crippen molar-refractivity contribution in [3.05, 3.63) is 94.0 Å². The maximum atomic E-state index is 10.6. The van der Waals surface area contributed by atoms with Crippen LogP contribution in [0.5, 0.6) is 17.2 Å². The van der Waals surface area contributed by atoms with Gasteiger partial charge in [-0.15, -0.1) is 0 Å². The van der Waals surface area contributed by atoms with Crippen molar-refractivity contribution in [2.45, 2.75) is 19.1 Å². The fraction of sp³-hybridized carbons (Fsp3) is 0.200. The molecule has 0 amide bonds. The molecule has 0 saturated carbocycles. The summed E-state index contributed by atoms with van der Waals surface area (Å²) in [6.07, 6.45) is 1.85. The van der Waals surface area contributed by atoms with Gasteiger partial charge in [-0.2, -0.15) is 0 Å². The lowest BCUT2D eigenvalue weighted by Crippen LogP contribution is -2.39. The van der Waals surface area contributed by atoms with Gasteiger partial charge in [0.05, 0.1) is 19.8 Å². The molecule has 1 heterocycles. The fourth-order valence-corrected chi connectivity index (χ4v) is 4.12. The second-order valence-electron chi connectivity index (χ2n) is 7.21. The maximum Gasteiger partial charge on any atom is 0.125 e. The van der Waals surface area contributed by atoms with Gasteiger partial charge in [0.25, 0.3) is 0 Å². The molecule has 160 valence electrons. The van der Waals surface area contributed by atoms with Crippen LogP contribution in [0.1, 0.15) is 35.8 Å². The van der Waals surface area contributed by atoms with E-state index in [-0.39, 0.29) is 18.0 Å². The van der Waals surface area contributed by atoms with E-state index in [9.17, 15) is 5.11 Å². The van der Waals surface area contributed by atoms with Crippen molar-refractivity contribution in [1.29, 1.82) is 0 Å². The predicted octanol–water partition coefficient (Wildman–Crippen LogP) is 5.54. The lowest BCUT2D eigenvalue weighted by atomic mass is 9.97. The molecule has 1 aliphatic rings. The molecule has 0 fully saturated rings. The molecule has 0 radical (unpaired) electrons. The highest BCUT2D eigenvalue weighted by molar-refractivity contribution is 9.10. The van der Waals surface area contributed by atoms with Gasteiger partial charge in [-0.3, -0.25) is 5.32 Å². The Morgan fingerprint density at radius 2 is 1.84 bits per heavy atom. The molecule has 2 atom stereocenters. The van der Waals surface area contributed by atoms with E-state index >= 15 is 0 Å². The Bertz CT molecular complexity index is 1100. The standard InChI is InChI=1S/C25H25BrN2O3/c1-3-31-24-10-5-4-9-19(24)25-27-21(16-7-6-8-18(13-16)30-2)15-22(28-25)20-14-17(26)11-12-23(20)29/h4-15,22,25,27-29H,3H2,1-2H3. The van der Waals surface area contributed by atoms with Crippen molar-refractivity contribution in [2.24, 2.45) is 0 Å². The van der Waals surface area contributed by atoms with Crippen molar-refractivity contribution in [3.63, 3.8) is 0 Å². The van der Waals surface area contributed by atoms with Crippen LogP contribution in [0.3, 0.4) is 0 Å². The first-order valence-corrected chi connectivity index (χ1v) is 11.0. The average molecular weight is 481 g/mol.